The van der Waals surface area contributed by atoms with Gasteiger partial charge in [-0.3, -0.25) is 4.79 Å². The van der Waals surface area contributed by atoms with Gasteiger partial charge in [-0.1, -0.05) is 49.2 Å². The second-order valence-corrected chi connectivity index (χ2v) is 7.02. The largest absolute Gasteiger partial charge is 0.347 e. The fourth-order valence-electron chi connectivity index (χ4n) is 2.06. The zero-order valence-electron chi connectivity index (χ0n) is 13.3. The van der Waals surface area contributed by atoms with Crippen LogP contribution >= 0.6 is 23.2 Å². The summed E-state index contributed by atoms with van der Waals surface area (Å²) in [6.45, 7) is 10.9. The van der Waals surface area contributed by atoms with Gasteiger partial charge >= 0.3 is 0 Å². The van der Waals surface area contributed by atoms with Gasteiger partial charge in [0.1, 0.15) is 0 Å². The first-order valence-electron chi connectivity index (χ1n) is 7.19. The molecule has 0 N–H and O–H groups in total. The SMILES string of the molecule is CC=CCN(CC1OC(C)C(C)(C)C(C)O1)C(=O)C(Cl)Cl. The van der Waals surface area contributed by atoms with Crippen LogP contribution in [0, 0.1) is 5.41 Å². The predicted molar refractivity (Wildman–Crippen MR) is 85.6 cm³/mol. The van der Waals surface area contributed by atoms with Crippen molar-refractivity contribution < 1.29 is 14.3 Å². The average molecular weight is 338 g/mol. The van der Waals surface area contributed by atoms with Gasteiger partial charge in [0.15, 0.2) is 11.1 Å². The van der Waals surface area contributed by atoms with Crippen molar-refractivity contribution in [2.45, 2.75) is 58.0 Å². The Kier molecular flexibility index (Phi) is 6.98. The van der Waals surface area contributed by atoms with Crippen LogP contribution in [-0.2, 0) is 14.3 Å². The molecule has 0 aromatic heterocycles. The number of halogens is 2. The minimum Gasteiger partial charge on any atom is -0.347 e. The Hall–Kier alpha value is -0.290. The van der Waals surface area contributed by atoms with E-state index in [0.717, 1.165) is 0 Å². The summed E-state index contributed by atoms with van der Waals surface area (Å²) in [6, 6.07) is 0. The van der Waals surface area contributed by atoms with E-state index in [1.54, 1.807) is 4.90 Å². The van der Waals surface area contributed by atoms with Gasteiger partial charge < -0.3 is 14.4 Å². The van der Waals surface area contributed by atoms with Crippen molar-refractivity contribution in [3.8, 4) is 0 Å². The third-order valence-electron chi connectivity index (χ3n) is 4.24. The number of nitrogens with zero attached hydrogens (tertiary/aromatic N) is 1. The molecule has 1 rings (SSSR count). The molecule has 0 bridgehead atoms. The summed E-state index contributed by atoms with van der Waals surface area (Å²) in [7, 11) is 0. The Morgan fingerprint density at radius 2 is 1.81 bits per heavy atom. The maximum atomic E-state index is 12.0. The number of hydrogen-bond donors (Lipinski definition) is 0. The lowest BCUT2D eigenvalue weighted by Gasteiger charge is -2.46. The lowest BCUT2D eigenvalue weighted by Crippen LogP contribution is -2.53. The highest BCUT2D eigenvalue weighted by molar-refractivity contribution is 6.53. The van der Waals surface area contributed by atoms with E-state index < -0.39 is 11.1 Å². The first-order chi connectivity index (χ1) is 9.70. The molecule has 0 aromatic carbocycles. The maximum absolute atomic E-state index is 12.0. The highest BCUT2D eigenvalue weighted by atomic mass is 35.5. The van der Waals surface area contributed by atoms with Gasteiger partial charge in [0.2, 0.25) is 0 Å². The summed E-state index contributed by atoms with van der Waals surface area (Å²) in [5, 5.41) is 0. The molecule has 1 aliphatic rings. The molecule has 0 aliphatic carbocycles. The molecular weight excluding hydrogens is 313 g/mol. The third-order valence-corrected chi connectivity index (χ3v) is 4.61. The van der Waals surface area contributed by atoms with Gasteiger partial charge in [-0.15, -0.1) is 0 Å². The monoisotopic (exact) mass is 337 g/mol. The van der Waals surface area contributed by atoms with Crippen LogP contribution < -0.4 is 0 Å². The van der Waals surface area contributed by atoms with Crippen LogP contribution in [0.25, 0.3) is 0 Å². The van der Waals surface area contributed by atoms with Gasteiger partial charge in [0.05, 0.1) is 18.8 Å². The molecule has 1 amide bonds. The van der Waals surface area contributed by atoms with Crippen molar-refractivity contribution in [3.63, 3.8) is 0 Å². The topological polar surface area (TPSA) is 38.8 Å². The molecule has 122 valence electrons. The molecular formula is C15H25Cl2NO3. The van der Waals surface area contributed by atoms with E-state index in [0.29, 0.717) is 13.1 Å². The predicted octanol–water partition coefficient (Wildman–Crippen LogP) is 3.37. The number of amides is 1. The first-order valence-corrected chi connectivity index (χ1v) is 8.06. The molecule has 1 aliphatic heterocycles. The van der Waals surface area contributed by atoms with E-state index in [2.05, 4.69) is 13.8 Å². The Balaban J connectivity index is 2.73. The van der Waals surface area contributed by atoms with E-state index in [-0.39, 0.29) is 23.5 Å². The second kappa shape index (κ2) is 7.82. The van der Waals surface area contributed by atoms with Gasteiger partial charge in [0, 0.05) is 12.0 Å². The minimum absolute atomic E-state index is 0.0349. The van der Waals surface area contributed by atoms with Crippen LogP contribution in [0.5, 0.6) is 0 Å². The zero-order valence-corrected chi connectivity index (χ0v) is 14.8. The summed E-state index contributed by atoms with van der Waals surface area (Å²) < 4.78 is 11.8. The number of rotatable bonds is 5. The highest BCUT2D eigenvalue weighted by Crippen LogP contribution is 2.35. The summed E-state index contributed by atoms with van der Waals surface area (Å²) in [4.78, 5) is 12.5. The van der Waals surface area contributed by atoms with Crippen molar-refractivity contribution >= 4 is 29.1 Å². The Bertz CT molecular complexity index is 371. The number of hydrogen-bond acceptors (Lipinski definition) is 3. The summed E-state index contributed by atoms with van der Waals surface area (Å²) in [5.41, 5.74) is -0.0732. The Morgan fingerprint density at radius 1 is 1.29 bits per heavy atom. The molecule has 6 heteroatoms. The molecule has 2 unspecified atom stereocenters. The molecule has 1 saturated heterocycles. The molecule has 0 saturated carbocycles. The van der Waals surface area contributed by atoms with Gasteiger partial charge in [-0.2, -0.15) is 0 Å². The van der Waals surface area contributed by atoms with Crippen molar-refractivity contribution in [2.24, 2.45) is 5.41 Å². The molecule has 21 heavy (non-hydrogen) atoms. The number of carbonyl (C=O) groups excluding carboxylic acids is 1. The smallest absolute Gasteiger partial charge is 0.256 e. The van der Waals surface area contributed by atoms with E-state index >= 15 is 0 Å². The van der Waals surface area contributed by atoms with E-state index in [9.17, 15) is 4.79 Å². The molecule has 1 fully saturated rings. The van der Waals surface area contributed by atoms with Crippen LogP contribution in [0.2, 0.25) is 0 Å². The molecule has 1 heterocycles. The Labute approximate surface area is 137 Å². The molecule has 2 atom stereocenters. The number of alkyl halides is 2. The molecule has 0 aromatic rings. The quantitative estimate of drug-likeness (QED) is 0.570. The fraction of sp³-hybridized carbons (Fsp3) is 0.800. The van der Waals surface area contributed by atoms with Crippen LogP contribution in [0.3, 0.4) is 0 Å². The lowest BCUT2D eigenvalue weighted by molar-refractivity contribution is -0.286. The van der Waals surface area contributed by atoms with Crippen molar-refractivity contribution in [3.05, 3.63) is 12.2 Å². The fourth-order valence-corrected chi connectivity index (χ4v) is 2.34. The standard InChI is InChI=1S/C15H25Cl2NO3/c1-6-7-8-18(14(19)13(16)17)9-12-20-10(2)15(4,5)11(3)21-12/h6-7,10-13H,8-9H2,1-5H3. The normalized spacial score (nSPS) is 29.0. The second-order valence-electron chi connectivity index (χ2n) is 5.92. The van der Waals surface area contributed by atoms with Crippen molar-refractivity contribution in [2.75, 3.05) is 13.1 Å². The van der Waals surface area contributed by atoms with Crippen LogP contribution in [0.1, 0.15) is 34.6 Å². The first kappa shape index (κ1) is 18.8. The number of carbonyl (C=O) groups is 1. The van der Waals surface area contributed by atoms with Gasteiger partial charge in [-0.05, 0) is 20.8 Å². The molecule has 0 radical (unpaired) electrons. The maximum Gasteiger partial charge on any atom is 0.256 e. The average Bonchev–Trinajstić information content (AvgIpc) is 2.40. The summed E-state index contributed by atoms with van der Waals surface area (Å²) in [5.74, 6) is -0.339. The third kappa shape index (κ3) is 4.85. The zero-order chi connectivity index (χ0) is 16.2. The van der Waals surface area contributed by atoms with E-state index in [4.69, 9.17) is 32.7 Å². The van der Waals surface area contributed by atoms with Crippen molar-refractivity contribution in [1.29, 1.82) is 0 Å². The van der Waals surface area contributed by atoms with Crippen molar-refractivity contribution in [1.82, 2.24) is 4.90 Å². The highest BCUT2D eigenvalue weighted by Gasteiger charge is 2.41. The number of ether oxygens (including phenoxy) is 2. The molecule has 4 nitrogen and oxygen atoms in total. The Morgan fingerprint density at radius 3 is 2.24 bits per heavy atom. The van der Waals surface area contributed by atoms with Gasteiger partial charge in [-0.25, -0.2) is 0 Å². The van der Waals surface area contributed by atoms with E-state index in [1.807, 2.05) is 32.9 Å². The lowest BCUT2D eigenvalue weighted by atomic mass is 9.81. The number of allylic oxidation sites excluding steroid dienone is 1. The van der Waals surface area contributed by atoms with E-state index in [1.165, 1.54) is 0 Å². The van der Waals surface area contributed by atoms with Crippen LogP contribution in [0.15, 0.2) is 12.2 Å². The molecule has 0 spiro atoms. The minimum atomic E-state index is -1.08. The van der Waals surface area contributed by atoms with Crippen LogP contribution in [-0.4, -0.2) is 47.2 Å². The van der Waals surface area contributed by atoms with Gasteiger partial charge in [0.25, 0.3) is 5.91 Å². The summed E-state index contributed by atoms with van der Waals surface area (Å²) >= 11 is 11.4. The summed E-state index contributed by atoms with van der Waals surface area (Å²) in [6.07, 6.45) is 3.34. The van der Waals surface area contributed by atoms with Crippen LogP contribution in [0.4, 0.5) is 0 Å².